The Balaban J connectivity index is 2.07. The highest BCUT2D eigenvalue weighted by Crippen LogP contribution is 2.06. The Morgan fingerprint density at radius 2 is 2.12 bits per heavy atom. The molecule has 0 fully saturated rings. The third kappa shape index (κ3) is 5.16. The van der Waals surface area contributed by atoms with Gasteiger partial charge in [-0.25, -0.2) is 0 Å². The molecule has 88 valence electrons. The highest BCUT2D eigenvalue weighted by Gasteiger charge is 2.10. The van der Waals surface area contributed by atoms with Gasteiger partial charge in [-0.05, 0) is 5.56 Å². The van der Waals surface area contributed by atoms with Crippen molar-refractivity contribution in [3.63, 3.8) is 0 Å². The summed E-state index contributed by atoms with van der Waals surface area (Å²) in [6.45, 7) is 0.538. The van der Waals surface area contributed by atoms with Crippen LogP contribution in [0.5, 0.6) is 0 Å². The molecular weight excluding hydrogens is 226 g/mol. The highest BCUT2D eigenvalue weighted by atomic mass is 32.2. The fourth-order valence-corrected chi connectivity index (χ4v) is 1.73. The third-order valence-electron chi connectivity index (χ3n) is 1.89. The van der Waals surface area contributed by atoms with E-state index in [-0.39, 0.29) is 0 Å². The standard InChI is InChI=1S/C11H15NO3S/c12-10(11(13)14)7-16-8-15-6-9-4-2-1-3-5-9/h1-5,10H,6-8,12H2,(H,13,14)/t10-/m0/s1. The van der Waals surface area contributed by atoms with Crippen LogP contribution < -0.4 is 5.73 Å². The molecule has 0 bridgehead atoms. The van der Waals surface area contributed by atoms with Crippen LogP contribution in [0.4, 0.5) is 0 Å². The minimum Gasteiger partial charge on any atom is -0.480 e. The first kappa shape index (κ1) is 13.0. The third-order valence-corrected chi connectivity index (χ3v) is 2.82. The largest absolute Gasteiger partial charge is 0.480 e. The van der Waals surface area contributed by atoms with E-state index in [4.69, 9.17) is 15.6 Å². The molecule has 0 radical (unpaired) electrons. The van der Waals surface area contributed by atoms with Crippen LogP contribution in [0, 0.1) is 0 Å². The van der Waals surface area contributed by atoms with Crippen LogP contribution in [0.15, 0.2) is 30.3 Å². The predicted octanol–water partition coefficient (Wildman–Crippen LogP) is 1.31. The molecule has 0 saturated heterocycles. The minimum atomic E-state index is -0.976. The van der Waals surface area contributed by atoms with E-state index < -0.39 is 12.0 Å². The van der Waals surface area contributed by atoms with E-state index in [0.717, 1.165) is 5.56 Å². The molecule has 1 rings (SSSR count). The maximum absolute atomic E-state index is 10.4. The second-order valence-electron chi connectivity index (χ2n) is 3.27. The molecule has 0 saturated carbocycles. The first-order valence-electron chi connectivity index (χ1n) is 4.88. The molecule has 0 amide bonds. The number of carboxylic acid groups (broad SMARTS) is 1. The summed E-state index contributed by atoms with van der Waals surface area (Å²) in [6.07, 6.45) is 0. The first-order chi connectivity index (χ1) is 7.70. The van der Waals surface area contributed by atoms with Crippen molar-refractivity contribution in [1.82, 2.24) is 0 Å². The van der Waals surface area contributed by atoms with Crippen molar-refractivity contribution in [1.29, 1.82) is 0 Å². The Morgan fingerprint density at radius 1 is 1.44 bits per heavy atom. The average Bonchev–Trinajstić information content (AvgIpc) is 2.29. The number of hydrogen-bond donors (Lipinski definition) is 2. The lowest BCUT2D eigenvalue weighted by Gasteiger charge is -2.06. The van der Waals surface area contributed by atoms with Crippen LogP contribution in [-0.4, -0.2) is 28.8 Å². The van der Waals surface area contributed by atoms with Gasteiger partial charge in [0.1, 0.15) is 6.04 Å². The second kappa shape index (κ2) is 7.27. The number of ether oxygens (including phenoxy) is 1. The van der Waals surface area contributed by atoms with Crippen molar-refractivity contribution in [3.8, 4) is 0 Å². The summed E-state index contributed by atoms with van der Waals surface area (Å²) < 4.78 is 5.36. The van der Waals surface area contributed by atoms with Crippen molar-refractivity contribution >= 4 is 17.7 Å². The molecule has 1 aromatic rings. The van der Waals surface area contributed by atoms with E-state index in [1.807, 2.05) is 30.3 Å². The number of carboxylic acids is 1. The summed E-state index contributed by atoms with van der Waals surface area (Å²) in [5.74, 6) is -0.157. The quantitative estimate of drug-likeness (QED) is 0.556. The fourth-order valence-electron chi connectivity index (χ4n) is 1.04. The van der Waals surface area contributed by atoms with Gasteiger partial charge in [0.25, 0.3) is 0 Å². The molecule has 3 N–H and O–H groups in total. The minimum absolute atomic E-state index is 0.365. The SMILES string of the molecule is N[C@@H](CSCOCc1ccccc1)C(=O)O. The fraction of sp³-hybridized carbons (Fsp3) is 0.364. The highest BCUT2D eigenvalue weighted by molar-refractivity contribution is 7.99. The topological polar surface area (TPSA) is 72.5 Å². The Morgan fingerprint density at radius 3 is 2.75 bits per heavy atom. The number of carbonyl (C=O) groups is 1. The van der Waals surface area contributed by atoms with E-state index in [1.165, 1.54) is 11.8 Å². The molecule has 0 aliphatic carbocycles. The second-order valence-corrected chi connectivity index (χ2v) is 4.24. The van der Waals surface area contributed by atoms with Crippen LogP contribution >= 0.6 is 11.8 Å². The molecule has 16 heavy (non-hydrogen) atoms. The molecule has 1 atom stereocenters. The normalized spacial score (nSPS) is 12.3. The van der Waals surface area contributed by atoms with Gasteiger partial charge in [0, 0.05) is 5.75 Å². The van der Waals surface area contributed by atoms with Crippen molar-refractivity contribution in [2.75, 3.05) is 11.7 Å². The molecule has 0 spiro atoms. The Kier molecular flexibility index (Phi) is 5.92. The zero-order valence-electron chi connectivity index (χ0n) is 8.83. The molecule has 1 aromatic carbocycles. The molecule has 0 aliphatic heterocycles. The van der Waals surface area contributed by atoms with Gasteiger partial charge in [-0.15, -0.1) is 11.8 Å². The number of rotatable bonds is 7. The van der Waals surface area contributed by atoms with Crippen molar-refractivity contribution in [2.45, 2.75) is 12.6 Å². The first-order valence-corrected chi connectivity index (χ1v) is 6.03. The Hall–Kier alpha value is -1.04. The lowest BCUT2D eigenvalue weighted by molar-refractivity contribution is -0.137. The van der Waals surface area contributed by atoms with Gasteiger partial charge < -0.3 is 15.6 Å². The molecule has 0 unspecified atom stereocenters. The van der Waals surface area contributed by atoms with E-state index in [2.05, 4.69) is 0 Å². The van der Waals surface area contributed by atoms with Crippen LogP contribution in [-0.2, 0) is 16.1 Å². The van der Waals surface area contributed by atoms with Crippen molar-refractivity contribution < 1.29 is 14.6 Å². The number of benzene rings is 1. The van der Waals surface area contributed by atoms with Crippen LogP contribution in [0.1, 0.15) is 5.56 Å². The van der Waals surface area contributed by atoms with E-state index >= 15 is 0 Å². The summed E-state index contributed by atoms with van der Waals surface area (Å²) in [5.41, 5.74) is 6.44. The smallest absolute Gasteiger partial charge is 0.321 e. The molecule has 0 aromatic heterocycles. The van der Waals surface area contributed by atoms with Crippen molar-refractivity contribution in [2.24, 2.45) is 5.73 Å². The zero-order valence-corrected chi connectivity index (χ0v) is 9.65. The molecular formula is C11H15NO3S. The summed E-state index contributed by atoms with van der Waals surface area (Å²) in [5, 5.41) is 8.54. The monoisotopic (exact) mass is 241 g/mol. The molecule has 0 aliphatic rings. The summed E-state index contributed by atoms with van der Waals surface area (Å²) >= 11 is 1.38. The van der Waals surface area contributed by atoms with Crippen LogP contribution in [0.3, 0.4) is 0 Å². The van der Waals surface area contributed by atoms with Gasteiger partial charge in [-0.2, -0.15) is 0 Å². The maximum Gasteiger partial charge on any atom is 0.321 e. The van der Waals surface area contributed by atoms with Gasteiger partial charge in [0.2, 0.25) is 0 Å². The van der Waals surface area contributed by atoms with Crippen molar-refractivity contribution in [3.05, 3.63) is 35.9 Å². The Bertz CT molecular complexity index is 318. The average molecular weight is 241 g/mol. The number of thioether (sulfide) groups is 1. The van der Waals surface area contributed by atoms with E-state index in [9.17, 15) is 4.79 Å². The van der Waals surface area contributed by atoms with Crippen LogP contribution in [0.25, 0.3) is 0 Å². The van der Waals surface area contributed by atoms with Gasteiger partial charge in [-0.1, -0.05) is 30.3 Å². The van der Waals surface area contributed by atoms with Gasteiger partial charge >= 0.3 is 5.97 Å². The van der Waals surface area contributed by atoms with Gasteiger partial charge in [0.05, 0.1) is 12.5 Å². The summed E-state index contributed by atoms with van der Waals surface area (Å²) in [4.78, 5) is 10.4. The molecule has 5 heteroatoms. The number of aliphatic carboxylic acids is 1. The van der Waals surface area contributed by atoms with Crippen LogP contribution in [0.2, 0.25) is 0 Å². The molecule has 0 heterocycles. The lowest BCUT2D eigenvalue weighted by atomic mass is 10.2. The summed E-state index contributed by atoms with van der Waals surface area (Å²) in [6, 6.07) is 8.99. The molecule has 4 nitrogen and oxygen atoms in total. The van der Waals surface area contributed by atoms with Gasteiger partial charge in [0.15, 0.2) is 0 Å². The lowest BCUT2D eigenvalue weighted by Crippen LogP contribution is -2.32. The Labute approximate surface area is 98.8 Å². The van der Waals surface area contributed by atoms with Gasteiger partial charge in [-0.3, -0.25) is 4.79 Å². The zero-order chi connectivity index (χ0) is 11.8. The number of hydrogen-bond acceptors (Lipinski definition) is 4. The summed E-state index contributed by atoms with van der Waals surface area (Å²) in [7, 11) is 0. The van der Waals surface area contributed by atoms with E-state index in [0.29, 0.717) is 18.3 Å². The maximum atomic E-state index is 10.4. The van der Waals surface area contributed by atoms with E-state index in [1.54, 1.807) is 0 Å². The predicted molar refractivity (Wildman–Crippen MR) is 64.2 cm³/mol. The number of nitrogens with two attached hydrogens (primary N) is 1.